The monoisotopic (exact) mass is 87.1 g/mol. The Morgan fingerprint density at radius 2 is 2.00 bits per heavy atom. The molecule has 0 radical (unpaired) electrons. The molecule has 1 aliphatic heterocycles. The zero-order valence-electron chi connectivity index (χ0n) is 3.62. The van der Waals surface area contributed by atoms with Crippen LogP contribution in [0.1, 0.15) is 0 Å². The van der Waals surface area contributed by atoms with Gasteiger partial charge in [0.1, 0.15) is 0 Å². The molecule has 0 aromatic heterocycles. The van der Waals surface area contributed by atoms with Gasteiger partial charge in [-0.15, -0.1) is 0 Å². The predicted octanol–water partition coefficient (Wildman–Crippen LogP) is -1.36. The van der Waals surface area contributed by atoms with Crippen molar-refractivity contribution >= 4 is 0 Å². The first-order valence-electron chi connectivity index (χ1n) is 2.16. The van der Waals surface area contributed by atoms with Crippen molar-refractivity contribution in [1.82, 2.24) is 16.2 Å². The summed E-state index contributed by atoms with van der Waals surface area (Å²) in [6.45, 7) is 2.99. The minimum Gasteiger partial charge on any atom is -0.302 e. The Bertz CT molecular complexity index is 21.5. The van der Waals surface area contributed by atoms with Crippen LogP contribution in [0.4, 0.5) is 0 Å². The second-order valence-corrected chi connectivity index (χ2v) is 1.28. The molecular formula is C3H9N3. The molecule has 1 saturated heterocycles. The van der Waals surface area contributed by atoms with Crippen LogP contribution in [0.3, 0.4) is 0 Å². The largest absolute Gasteiger partial charge is 0.302 e. The van der Waals surface area contributed by atoms with Crippen LogP contribution in [0, 0.1) is 0 Å². The van der Waals surface area contributed by atoms with Crippen LogP contribution in [0.5, 0.6) is 0 Å². The molecule has 0 aromatic rings. The SMILES string of the molecule is C1CNNCN1. The lowest BCUT2D eigenvalue weighted by Gasteiger charge is -2.13. The Morgan fingerprint density at radius 3 is 2.17 bits per heavy atom. The predicted molar refractivity (Wildman–Crippen MR) is 24.0 cm³/mol. The fourth-order valence-corrected chi connectivity index (χ4v) is 0.453. The lowest BCUT2D eigenvalue weighted by molar-refractivity contribution is 0.425. The Hall–Kier alpha value is -0.120. The standard InChI is InChI=1S/C3H9N3/c1-2-5-6-3-4-1/h4-6H,1-3H2. The van der Waals surface area contributed by atoms with E-state index in [1.807, 2.05) is 0 Å². The summed E-state index contributed by atoms with van der Waals surface area (Å²) in [7, 11) is 0. The van der Waals surface area contributed by atoms with Gasteiger partial charge in [0, 0.05) is 13.1 Å². The van der Waals surface area contributed by atoms with E-state index in [0.29, 0.717) is 0 Å². The Labute approximate surface area is 37.1 Å². The highest BCUT2D eigenvalue weighted by molar-refractivity contribution is 4.50. The van der Waals surface area contributed by atoms with Crippen molar-refractivity contribution < 1.29 is 0 Å². The third-order valence-electron chi connectivity index (χ3n) is 0.765. The summed E-state index contributed by atoms with van der Waals surface area (Å²) >= 11 is 0. The summed E-state index contributed by atoms with van der Waals surface area (Å²) in [5.41, 5.74) is 5.90. The summed E-state index contributed by atoms with van der Waals surface area (Å²) in [6.07, 6.45) is 0. The smallest absolute Gasteiger partial charge is 0.0590 e. The molecule has 36 valence electrons. The highest BCUT2D eigenvalue weighted by atomic mass is 15.4. The van der Waals surface area contributed by atoms with Crippen molar-refractivity contribution in [3.63, 3.8) is 0 Å². The van der Waals surface area contributed by atoms with Crippen molar-refractivity contribution in [1.29, 1.82) is 0 Å². The molecular weight excluding hydrogens is 78.1 g/mol. The van der Waals surface area contributed by atoms with Crippen LogP contribution in [0.2, 0.25) is 0 Å². The molecule has 0 spiro atoms. The highest BCUT2D eigenvalue weighted by Crippen LogP contribution is 1.58. The molecule has 1 rings (SSSR count). The minimum absolute atomic E-state index is 0.889. The number of hydrogen-bond donors (Lipinski definition) is 3. The lowest BCUT2D eigenvalue weighted by Crippen LogP contribution is -2.49. The average molecular weight is 87.1 g/mol. The van der Waals surface area contributed by atoms with E-state index in [-0.39, 0.29) is 0 Å². The van der Waals surface area contributed by atoms with Gasteiger partial charge in [0.05, 0.1) is 6.67 Å². The molecule has 1 aliphatic rings. The third-order valence-corrected chi connectivity index (χ3v) is 0.765. The van der Waals surface area contributed by atoms with Crippen LogP contribution < -0.4 is 16.2 Å². The van der Waals surface area contributed by atoms with Gasteiger partial charge in [0.15, 0.2) is 0 Å². The molecule has 0 aliphatic carbocycles. The molecule has 1 fully saturated rings. The van der Waals surface area contributed by atoms with Gasteiger partial charge in [-0.3, -0.25) is 5.43 Å². The van der Waals surface area contributed by atoms with E-state index in [1.165, 1.54) is 0 Å². The van der Waals surface area contributed by atoms with Crippen LogP contribution in [-0.2, 0) is 0 Å². The van der Waals surface area contributed by atoms with Crippen molar-refractivity contribution in [2.75, 3.05) is 19.8 Å². The van der Waals surface area contributed by atoms with Gasteiger partial charge in [-0.25, -0.2) is 5.43 Å². The molecule has 0 aromatic carbocycles. The maximum Gasteiger partial charge on any atom is 0.0590 e. The van der Waals surface area contributed by atoms with E-state index >= 15 is 0 Å². The fraction of sp³-hybridized carbons (Fsp3) is 1.00. The Morgan fingerprint density at radius 1 is 1.00 bits per heavy atom. The first-order chi connectivity index (χ1) is 3.00. The molecule has 0 saturated carbocycles. The lowest BCUT2D eigenvalue weighted by atomic mass is 10.6. The van der Waals surface area contributed by atoms with Crippen LogP contribution in [0.25, 0.3) is 0 Å². The topological polar surface area (TPSA) is 36.1 Å². The van der Waals surface area contributed by atoms with E-state index in [2.05, 4.69) is 16.2 Å². The van der Waals surface area contributed by atoms with Crippen LogP contribution >= 0.6 is 0 Å². The van der Waals surface area contributed by atoms with Crippen molar-refractivity contribution in [2.24, 2.45) is 0 Å². The summed E-state index contributed by atoms with van der Waals surface area (Å²) < 4.78 is 0. The Balaban J connectivity index is 2.00. The zero-order valence-corrected chi connectivity index (χ0v) is 3.62. The second kappa shape index (κ2) is 2.12. The molecule has 0 atom stereocenters. The van der Waals surface area contributed by atoms with E-state index in [0.717, 1.165) is 19.8 Å². The highest BCUT2D eigenvalue weighted by Gasteiger charge is 1.89. The molecule has 3 nitrogen and oxygen atoms in total. The van der Waals surface area contributed by atoms with Gasteiger partial charge >= 0.3 is 0 Å². The fourth-order valence-electron chi connectivity index (χ4n) is 0.453. The van der Waals surface area contributed by atoms with E-state index in [9.17, 15) is 0 Å². The molecule has 1 heterocycles. The molecule has 0 amide bonds. The quantitative estimate of drug-likeness (QED) is 0.341. The van der Waals surface area contributed by atoms with E-state index in [1.54, 1.807) is 0 Å². The van der Waals surface area contributed by atoms with Gasteiger partial charge < -0.3 is 5.32 Å². The first kappa shape index (κ1) is 4.05. The molecule has 0 bridgehead atoms. The van der Waals surface area contributed by atoms with Crippen molar-refractivity contribution in [2.45, 2.75) is 0 Å². The summed E-state index contributed by atoms with van der Waals surface area (Å²) in [5, 5.41) is 3.11. The maximum atomic E-state index is 3.11. The van der Waals surface area contributed by atoms with Crippen molar-refractivity contribution in [3.8, 4) is 0 Å². The summed E-state index contributed by atoms with van der Waals surface area (Å²) in [4.78, 5) is 0. The summed E-state index contributed by atoms with van der Waals surface area (Å²) in [5.74, 6) is 0. The molecule has 3 N–H and O–H groups in total. The first-order valence-corrected chi connectivity index (χ1v) is 2.16. The number of rotatable bonds is 0. The van der Waals surface area contributed by atoms with Gasteiger partial charge in [-0.05, 0) is 0 Å². The molecule has 3 heteroatoms. The van der Waals surface area contributed by atoms with Gasteiger partial charge in [-0.1, -0.05) is 0 Å². The van der Waals surface area contributed by atoms with Crippen molar-refractivity contribution in [3.05, 3.63) is 0 Å². The molecule has 0 unspecified atom stereocenters. The van der Waals surface area contributed by atoms with E-state index < -0.39 is 0 Å². The van der Waals surface area contributed by atoms with Gasteiger partial charge in [0.25, 0.3) is 0 Å². The van der Waals surface area contributed by atoms with E-state index in [4.69, 9.17) is 0 Å². The van der Waals surface area contributed by atoms with Gasteiger partial charge in [-0.2, -0.15) is 0 Å². The third kappa shape index (κ3) is 0.931. The number of hydrogen-bond acceptors (Lipinski definition) is 3. The van der Waals surface area contributed by atoms with Crippen LogP contribution in [-0.4, -0.2) is 19.8 Å². The Kier molecular flexibility index (Phi) is 1.43. The molecule has 6 heavy (non-hydrogen) atoms. The zero-order chi connectivity index (χ0) is 4.24. The number of hydrazine groups is 1. The van der Waals surface area contributed by atoms with Gasteiger partial charge in [0.2, 0.25) is 0 Å². The van der Waals surface area contributed by atoms with Crippen LogP contribution in [0.15, 0.2) is 0 Å². The normalized spacial score (nSPS) is 24.0. The maximum absolute atomic E-state index is 3.11. The average Bonchev–Trinajstić information content (AvgIpc) is 1.72. The minimum atomic E-state index is 0.889. The number of nitrogens with one attached hydrogen (secondary N) is 3. The second-order valence-electron chi connectivity index (χ2n) is 1.28. The summed E-state index contributed by atoms with van der Waals surface area (Å²) in [6, 6.07) is 0.